The van der Waals surface area contributed by atoms with E-state index in [9.17, 15) is 4.79 Å². The Bertz CT molecular complexity index is 309. The van der Waals surface area contributed by atoms with Crippen molar-refractivity contribution < 1.29 is 14.3 Å². The van der Waals surface area contributed by atoms with Gasteiger partial charge in [-0.25, -0.2) is 4.79 Å². The zero-order chi connectivity index (χ0) is 10.1. The Labute approximate surface area is 77.7 Å². The SMILES string of the molecule is C#CC1(C)CC(C(=O)OC)=C(C)O1. The molecule has 0 aliphatic carbocycles. The molecule has 3 nitrogen and oxygen atoms in total. The molecule has 1 aliphatic heterocycles. The predicted molar refractivity (Wildman–Crippen MR) is 47.7 cm³/mol. The van der Waals surface area contributed by atoms with E-state index in [1.807, 2.05) is 0 Å². The summed E-state index contributed by atoms with van der Waals surface area (Å²) >= 11 is 0. The van der Waals surface area contributed by atoms with Gasteiger partial charge in [0.2, 0.25) is 0 Å². The third-order valence-electron chi connectivity index (χ3n) is 2.05. The molecule has 0 amide bonds. The van der Waals surface area contributed by atoms with Crippen LogP contribution < -0.4 is 0 Å². The van der Waals surface area contributed by atoms with E-state index in [-0.39, 0.29) is 5.97 Å². The first-order valence-corrected chi connectivity index (χ1v) is 3.97. The second kappa shape index (κ2) is 3.14. The monoisotopic (exact) mass is 180 g/mol. The Morgan fingerprint density at radius 3 is 2.77 bits per heavy atom. The predicted octanol–water partition coefficient (Wildman–Crippen LogP) is 1.25. The van der Waals surface area contributed by atoms with Crippen LogP contribution >= 0.6 is 0 Å². The highest BCUT2D eigenvalue weighted by atomic mass is 16.5. The molecule has 70 valence electrons. The highest BCUT2D eigenvalue weighted by Gasteiger charge is 2.36. The Balaban J connectivity index is 2.86. The highest BCUT2D eigenvalue weighted by Crippen LogP contribution is 2.33. The molecule has 3 heteroatoms. The molecule has 1 atom stereocenters. The van der Waals surface area contributed by atoms with Crippen LogP contribution in [-0.2, 0) is 14.3 Å². The van der Waals surface area contributed by atoms with Gasteiger partial charge in [-0.2, -0.15) is 0 Å². The van der Waals surface area contributed by atoms with E-state index in [4.69, 9.17) is 11.2 Å². The number of terminal acetylenes is 1. The van der Waals surface area contributed by atoms with Crippen molar-refractivity contribution in [3.63, 3.8) is 0 Å². The average Bonchev–Trinajstić information content (AvgIpc) is 2.42. The third-order valence-corrected chi connectivity index (χ3v) is 2.05. The van der Waals surface area contributed by atoms with Crippen molar-refractivity contribution in [2.75, 3.05) is 7.11 Å². The maximum Gasteiger partial charge on any atom is 0.337 e. The highest BCUT2D eigenvalue weighted by molar-refractivity contribution is 5.89. The molecule has 0 saturated heterocycles. The fraction of sp³-hybridized carbons (Fsp3) is 0.500. The summed E-state index contributed by atoms with van der Waals surface area (Å²) in [6, 6.07) is 0. The van der Waals surface area contributed by atoms with Crippen LogP contribution in [0.25, 0.3) is 0 Å². The lowest BCUT2D eigenvalue weighted by molar-refractivity contribution is -0.136. The maximum absolute atomic E-state index is 11.2. The molecule has 0 aromatic heterocycles. The van der Waals surface area contributed by atoms with Crippen LogP contribution in [-0.4, -0.2) is 18.7 Å². The largest absolute Gasteiger partial charge is 0.479 e. The Morgan fingerprint density at radius 1 is 1.77 bits per heavy atom. The summed E-state index contributed by atoms with van der Waals surface area (Å²) in [5, 5.41) is 0. The minimum Gasteiger partial charge on any atom is -0.479 e. The molecule has 0 N–H and O–H groups in total. The van der Waals surface area contributed by atoms with E-state index in [1.54, 1.807) is 13.8 Å². The molecule has 0 bridgehead atoms. The van der Waals surface area contributed by atoms with Gasteiger partial charge in [0.15, 0.2) is 5.60 Å². The van der Waals surface area contributed by atoms with Crippen molar-refractivity contribution >= 4 is 5.97 Å². The average molecular weight is 180 g/mol. The summed E-state index contributed by atoms with van der Waals surface area (Å²) in [5.74, 6) is 2.71. The number of rotatable bonds is 1. The molecule has 0 spiro atoms. The van der Waals surface area contributed by atoms with Gasteiger partial charge >= 0.3 is 5.97 Å². The van der Waals surface area contributed by atoms with Gasteiger partial charge in [0, 0.05) is 6.42 Å². The van der Waals surface area contributed by atoms with Gasteiger partial charge in [0.05, 0.1) is 12.7 Å². The normalized spacial score (nSPS) is 26.6. The van der Waals surface area contributed by atoms with Crippen LogP contribution in [0.4, 0.5) is 0 Å². The molecular formula is C10H12O3. The minimum atomic E-state index is -0.687. The van der Waals surface area contributed by atoms with Crippen LogP contribution in [0.5, 0.6) is 0 Å². The second-order valence-electron chi connectivity index (χ2n) is 3.18. The van der Waals surface area contributed by atoms with Crippen LogP contribution in [0, 0.1) is 12.3 Å². The zero-order valence-electron chi connectivity index (χ0n) is 8.01. The van der Waals surface area contributed by atoms with E-state index >= 15 is 0 Å². The summed E-state index contributed by atoms with van der Waals surface area (Å²) in [5.41, 5.74) is -0.156. The summed E-state index contributed by atoms with van der Waals surface area (Å²) in [6.45, 7) is 3.49. The van der Waals surface area contributed by atoms with Crippen LogP contribution in [0.3, 0.4) is 0 Å². The first kappa shape index (κ1) is 9.66. The summed E-state index contributed by atoms with van der Waals surface area (Å²) in [6.07, 6.45) is 5.70. The fourth-order valence-corrected chi connectivity index (χ4v) is 1.32. The van der Waals surface area contributed by atoms with Crippen molar-refractivity contribution in [1.29, 1.82) is 0 Å². The molecular weight excluding hydrogens is 168 g/mol. The van der Waals surface area contributed by atoms with Gasteiger partial charge in [0.1, 0.15) is 5.76 Å². The Hall–Kier alpha value is -1.43. The Kier molecular flexibility index (Phi) is 2.33. The van der Waals surface area contributed by atoms with Crippen molar-refractivity contribution in [3.8, 4) is 12.3 Å². The molecule has 1 unspecified atom stereocenters. The minimum absolute atomic E-state index is 0.364. The molecule has 1 aliphatic rings. The maximum atomic E-state index is 11.2. The molecule has 0 radical (unpaired) electrons. The van der Waals surface area contributed by atoms with E-state index in [1.165, 1.54) is 7.11 Å². The van der Waals surface area contributed by atoms with Crippen molar-refractivity contribution in [1.82, 2.24) is 0 Å². The summed E-state index contributed by atoms with van der Waals surface area (Å²) in [7, 11) is 1.34. The third kappa shape index (κ3) is 1.67. The van der Waals surface area contributed by atoms with Gasteiger partial charge in [-0.15, -0.1) is 6.42 Å². The Morgan fingerprint density at radius 2 is 2.38 bits per heavy atom. The quantitative estimate of drug-likeness (QED) is 0.450. The number of carbonyl (C=O) groups excluding carboxylic acids is 1. The number of esters is 1. The van der Waals surface area contributed by atoms with E-state index < -0.39 is 5.60 Å². The van der Waals surface area contributed by atoms with Crippen LogP contribution in [0.15, 0.2) is 11.3 Å². The molecule has 1 rings (SSSR count). The fourth-order valence-electron chi connectivity index (χ4n) is 1.32. The van der Waals surface area contributed by atoms with Gasteiger partial charge < -0.3 is 9.47 Å². The molecule has 0 aromatic rings. The molecule has 1 heterocycles. The van der Waals surface area contributed by atoms with Crippen LogP contribution in [0.2, 0.25) is 0 Å². The molecule has 13 heavy (non-hydrogen) atoms. The van der Waals surface area contributed by atoms with Crippen molar-refractivity contribution in [2.45, 2.75) is 25.9 Å². The van der Waals surface area contributed by atoms with Gasteiger partial charge in [0.25, 0.3) is 0 Å². The lowest BCUT2D eigenvalue weighted by atomic mass is 10.00. The van der Waals surface area contributed by atoms with Gasteiger partial charge in [-0.3, -0.25) is 0 Å². The zero-order valence-corrected chi connectivity index (χ0v) is 8.01. The lowest BCUT2D eigenvalue weighted by Gasteiger charge is -2.16. The second-order valence-corrected chi connectivity index (χ2v) is 3.18. The first-order chi connectivity index (χ1) is 6.02. The number of hydrogen-bond donors (Lipinski definition) is 0. The summed E-state index contributed by atoms with van der Waals surface area (Å²) in [4.78, 5) is 11.2. The van der Waals surface area contributed by atoms with Crippen molar-refractivity contribution in [3.05, 3.63) is 11.3 Å². The summed E-state index contributed by atoms with van der Waals surface area (Å²) < 4.78 is 9.97. The van der Waals surface area contributed by atoms with Crippen molar-refractivity contribution in [2.24, 2.45) is 0 Å². The molecule has 0 fully saturated rings. The number of ether oxygens (including phenoxy) is 2. The topological polar surface area (TPSA) is 35.5 Å². The standard InChI is InChI=1S/C10H12O3/c1-5-10(3)6-8(7(2)13-10)9(11)12-4/h1H,6H2,2-4H3. The number of hydrogen-bond acceptors (Lipinski definition) is 3. The van der Waals surface area contributed by atoms with E-state index in [0.717, 1.165) is 0 Å². The van der Waals surface area contributed by atoms with Crippen LogP contribution in [0.1, 0.15) is 20.3 Å². The van der Waals surface area contributed by atoms with Gasteiger partial charge in [-0.1, -0.05) is 5.92 Å². The van der Waals surface area contributed by atoms with E-state index in [0.29, 0.717) is 17.8 Å². The first-order valence-electron chi connectivity index (χ1n) is 3.97. The van der Waals surface area contributed by atoms with Gasteiger partial charge in [-0.05, 0) is 13.8 Å². The smallest absolute Gasteiger partial charge is 0.337 e. The lowest BCUT2D eigenvalue weighted by Crippen LogP contribution is -2.21. The molecule has 0 aromatic carbocycles. The van der Waals surface area contributed by atoms with E-state index in [2.05, 4.69) is 10.7 Å². The number of methoxy groups -OCH3 is 1. The number of allylic oxidation sites excluding steroid dienone is 1. The molecule has 0 saturated carbocycles. The number of carbonyl (C=O) groups is 1.